The van der Waals surface area contributed by atoms with Gasteiger partial charge >= 0.3 is 12.0 Å². The second-order valence-corrected chi connectivity index (χ2v) is 15.6. The third-order valence-electron chi connectivity index (χ3n) is 11.7. The molecule has 0 aromatic heterocycles. The largest absolute Gasteiger partial charge is 0.462 e. The predicted octanol–water partition coefficient (Wildman–Crippen LogP) is 6.90. The van der Waals surface area contributed by atoms with Gasteiger partial charge < -0.3 is 25.6 Å². The Morgan fingerprint density at radius 1 is 0.824 bits per heavy atom. The molecule has 4 N–H and O–H groups in total. The van der Waals surface area contributed by atoms with E-state index in [0.717, 1.165) is 81.0 Å². The Bertz CT molecular complexity index is 1480. The standard InChI is InChI=1S/C43H57N3O5/c1-30(2)26-40(43(50,33-14-8-4-9-15-33)34-16-10-5-11-17-34)45-42(49)44-35-20-18-31(19-21-35)24-25-46-36-22-23-37(46)28-38(27-36)51-41(48)39(29-47)32-12-6-3-7-13-32/h3-17,30-31,35-40,47,50H,18-29H2,1-2H3,(H2,44,45,49)/t31-,35-,36-,37+,38?,39?,40-/m1/s1. The first-order valence-electron chi connectivity index (χ1n) is 19.3. The molecule has 8 heteroatoms. The fraction of sp³-hybridized carbons (Fsp3) is 0.535. The second kappa shape index (κ2) is 17.2. The molecule has 2 bridgehead atoms. The highest BCUT2D eigenvalue weighted by Gasteiger charge is 2.43. The molecule has 6 rings (SSSR count). The highest BCUT2D eigenvalue weighted by atomic mass is 16.5. The number of benzene rings is 3. The molecule has 3 fully saturated rings. The molecule has 274 valence electrons. The van der Waals surface area contributed by atoms with Crippen molar-refractivity contribution < 1.29 is 24.5 Å². The van der Waals surface area contributed by atoms with E-state index in [4.69, 9.17) is 4.74 Å². The van der Waals surface area contributed by atoms with E-state index in [0.29, 0.717) is 24.4 Å². The molecule has 2 amide bonds. The van der Waals surface area contributed by atoms with Gasteiger partial charge in [0.05, 0.1) is 12.6 Å². The van der Waals surface area contributed by atoms with Gasteiger partial charge in [0, 0.05) is 31.0 Å². The number of urea groups is 1. The zero-order chi connectivity index (χ0) is 35.8. The van der Waals surface area contributed by atoms with Crippen LogP contribution in [0.3, 0.4) is 0 Å². The van der Waals surface area contributed by atoms with Gasteiger partial charge in [0.25, 0.3) is 0 Å². The number of fused-ring (bicyclic) bond motifs is 2. The zero-order valence-electron chi connectivity index (χ0n) is 30.3. The van der Waals surface area contributed by atoms with Crippen molar-refractivity contribution in [2.75, 3.05) is 13.2 Å². The SMILES string of the molecule is CC(C)C[C@@H](NC(=O)N[C@H]1CC[C@H](CCN2[C@@H]3CC[C@H]2CC(OC(=O)C(CO)c2ccccc2)C3)CC1)C(O)(c1ccccc1)c1ccccc1. The molecule has 5 atom stereocenters. The summed E-state index contributed by atoms with van der Waals surface area (Å²) in [5.74, 6) is -0.0591. The van der Waals surface area contributed by atoms with Gasteiger partial charge in [0.2, 0.25) is 0 Å². The Labute approximate surface area is 304 Å². The van der Waals surface area contributed by atoms with Gasteiger partial charge in [-0.3, -0.25) is 9.69 Å². The first-order chi connectivity index (χ1) is 24.7. The minimum absolute atomic E-state index is 0.0896. The van der Waals surface area contributed by atoms with Crippen LogP contribution < -0.4 is 10.6 Å². The Hall–Kier alpha value is -3.72. The van der Waals surface area contributed by atoms with Crippen molar-refractivity contribution in [1.29, 1.82) is 0 Å². The Kier molecular flexibility index (Phi) is 12.5. The van der Waals surface area contributed by atoms with E-state index in [2.05, 4.69) is 29.4 Å². The lowest BCUT2D eigenvalue weighted by Gasteiger charge is -2.40. The molecule has 1 aliphatic carbocycles. The Balaban J connectivity index is 0.974. The van der Waals surface area contributed by atoms with E-state index in [1.165, 1.54) is 0 Å². The molecule has 0 spiro atoms. The maximum atomic E-state index is 13.5. The summed E-state index contributed by atoms with van der Waals surface area (Å²) in [6.07, 6.45) is 9.78. The summed E-state index contributed by atoms with van der Waals surface area (Å²) in [6.45, 7) is 5.05. The maximum absolute atomic E-state index is 13.5. The smallest absolute Gasteiger partial charge is 0.316 e. The van der Waals surface area contributed by atoms with Crippen LogP contribution in [0.1, 0.15) is 101 Å². The number of esters is 1. The number of nitrogens with one attached hydrogen (secondary N) is 2. The lowest BCUT2D eigenvalue weighted by atomic mass is 9.77. The third kappa shape index (κ3) is 9.02. The lowest BCUT2D eigenvalue weighted by molar-refractivity contribution is -0.155. The van der Waals surface area contributed by atoms with Crippen LogP contribution in [0.2, 0.25) is 0 Å². The molecule has 2 aliphatic heterocycles. The van der Waals surface area contributed by atoms with Crippen molar-refractivity contribution >= 4 is 12.0 Å². The number of ether oxygens (including phenoxy) is 1. The quantitative estimate of drug-likeness (QED) is 0.137. The van der Waals surface area contributed by atoms with E-state index >= 15 is 0 Å². The molecule has 3 aliphatic rings. The van der Waals surface area contributed by atoms with Crippen LogP contribution in [0.15, 0.2) is 91.0 Å². The molecule has 0 radical (unpaired) electrons. The molecule has 8 nitrogen and oxygen atoms in total. The number of carbonyl (C=O) groups is 2. The minimum Gasteiger partial charge on any atom is -0.462 e. The normalized spacial score (nSPS) is 24.8. The third-order valence-corrected chi connectivity index (χ3v) is 11.7. The van der Waals surface area contributed by atoms with Crippen LogP contribution in [-0.4, -0.2) is 70.5 Å². The average Bonchev–Trinajstić information content (AvgIpc) is 3.39. The molecule has 51 heavy (non-hydrogen) atoms. The van der Waals surface area contributed by atoms with Gasteiger partial charge in [-0.15, -0.1) is 0 Å². The van der Waals surface area contributed by atoms with Crippen LogP contribution in [0, 0.1) is 11.8 Å². The number of aliphatic hydroxyl groups is 2. The molecule has 3 aromatic rings. The maximum Gasteiger partial charge on any atom is 0.316 e. The van der Waals surface area contributed by atoms with Gasteiger partial charge in [0.1, 0.15) is 17.6 Å². The average molecular weight is 696 g/mol. The summed E-state index contributed by atoms with van der Waals surface area (Å²) in [5, 5.41) is 28.8. The van der Waals surface area contributed by atoms with E-state index in [-0.39, 0.29) is 36.7 Å². The fourth-order valence-corrected chi connectivity index (χ4v) is 9.00. The number of carbonyl (C=O) groups excluding carboxylic acids is 2. The molecule has 2 saturated heterocycles. The number of amides is 2. The molecular weight excluding hydrogens is 638 g/mol. The second-order valence-electron chi connectivity index (χ2n) is 15.6. The van der Waals surface area contributed by atoms with Gasteiger partial charge in [-0.1, -0.05) is 105 Å². The first-order valence-corrected chi connectivity index (χ1v) is 19.3. The van der Waals surface area contributed by atoms with Crippen LogP contribution in [0.5, 0.6) is 0 Å². The van der Waals surface area contributed by atoms with Gasteiger partial charge in [-0.2, -0.15) is 0 Å². The number of nitrogens with zero attached hydrogens (tertiary/aromatic N) is 1. The number of hydrogen-bond donors (Lipinski definition) is 4. The van der Waals surface area contributed by atoms with Crippen LogP contribution in [0.4, 0.5) is 4.79 Å². The van der Waals surface area contributed by atoms with Crippen LogP contribution >= 0.6 is 0 Å². The van der Waals surface area contributed by atoms with Gasteiger partial charge in [0.15, 0.2) is 0 Å². The van der Waals surface area contributed by atoms with Crippen molar-refractivity contribution in [2.24, 2.45) is 11.8 Å². The van der Waals surface area contributed by atoms with E-state index in [1.54, 1.807) is 0 Å². The Morgan fingerprint density at radius 3 is 1.90 bits per heavy atom. The summed E-state index contributed by atoms with van der Waals surface area (Å²) in [7, 11) is 0. The summed E-state index contributed by atoms with van der Waals surface area (Å²) in [4.78, 5) is 29.2. The highest BCUT2D eigenvalue weighted by Crippen LogP contribution is 2.39. The van der Waals surface area contributed by atoms with Crippen molar-refractivity contribution in [3.05, 3.63) is 108 Å². The summed E-state index contributed by atoms with van der Waals surface area (Å²) >= 11 is 0. The molecule has 3 aromatic carbocycles. The summed E-state index contributed by atoms with van der Waals surface area (Å²) < 4.78 is 5.99. The Morgan fingerprint density at radius 2 is 1.37 bits per heavy atom. The highest BCUT2D eigenvalue weighted by molar-refractivity contribution is 5.78. The predicted molar refractivity (Wildman–Crippen MR) is 200 cm³/mol. The topological polar surface area (TPSA) is 111 Å². The van der Waals surface area contributed by atoms with E-state index < -0.39 is 17.6 Å². The molecular formula is C43H57N3O5. The van der Waals surface area contributed by atoms with E-state index in [9.17, 15) is 19.8 Å². The monoisotopic (exact) mass is 695 g/mol. The van der Waals surface area contributed by atoms with Gasteiger partial charge in [-0.25, -0.2) is 4.79 Å². The van der Waals surface area contributed by atoms with Crippen molar-refractivity contribution in [1.82, 2.24) is 15.5 Å². The lowest BCUT2D eigenvalue weighted by Crippen LogP contribution is -2.56. The van der Waals surface area contributed by atoms with Crippen molar-refractivity contribution in [2.45, 2.75) is 120 Å². The number of aliphatic hydroxyl groups excluding tert-OH is 1. The first kappa shape index (κ1) is 37.1. The van der Waals surface area contributed by atoms with E-state index in [1.807, 2.05) is 91.0 Å². The molecule has 1 saturated carbocycles. The molecule has 2 unspecified atom stereocenters. The number of rotatable bonds is 14. The van der Waals surface area contributed by atoms with Crippen LogP contribution in [-0.2, 0) is 15.1 Å². The van der Waals surface area contributed by atoms with Crippen LogP contribution in [0.25, 0.3) is 0 Å². The number of piperidine rings is 1. The summed E-state index contributed by atoms with van der Waals surface area (Å²) in [5.41, 5.74) is 0.950. The van der Waals surface area contributed by atoms with Crippen molar-refractivity contribution in [3.63, 3.8) is 0 Å². The van der Waals surface area contributed by atoms with Gasteiger partial charge in [-0.05, 0) is 86.4 Å². The fourth-order valence-electron chi connectivity index (χ4n) is 9.00. The molecule has 2 heterocycles. The number of hydrogen-bond acceptors (Lipinski definition) is 6. The zero-order valence-corrected chi connectivity index (χ0v) is 30.3. The minimum atomic E-state index is -1.37. The summed E-state index contributed by atoms with van der Waals surface area (Å²) in [6, 6.07) is 29.0. The van der Waals surface area contributed by atoms with Crippen molar-refractivity contribution in [3.8, 4) is 0 Å².